The molecular weight excluding hydrogens is 420 g/mol. The van der Waals surface area contributed by atoms with E-state index in [1.807, 2.05) is 65.6 Å². The average Bonchev–Trinajstić information content (AvgIpc) is 3.51. The number of benzene rings is 2. The van der Waals surface area contributed by atoms with Crippen molar-refractivity contribution >= 4 is 17.4 Å². The molecule has 1 amide bonds. The summed E-state index contributed by atoms with van der Waals surface area (Å²) in [4.78, 5) is 17.0. The van der Waals surface area contributed by atoms with Crippen LogP contribution >= 0.6 is 0 Å². The standard InChI is InChI=1S/C24H22N6O3/c31-23(15-17-6-7-19-20(14-17)33-16-32-19)29-12-10-28(11-13-29)22-9-8-21-25-26-24(30(21)27-22)18-4-2-1-3-5-18/h1-9,14H,10-13,15-16H2. The van der Waals surface area contributed by atoms with Crippen LogP contribution in [-0.2, 0) is 11.2 Å². The van der Waals surface area contributed by atoms with Crippen LogP contribution in [0.4, 0.5) is 5.82 Å². The van der Waals surface area contributed by atoms with Crippen LogP contribution in [0.5, 0.6) is 11.5 Å². The number of carbonyl (C=O) groups excluding carboxylic acids is 1. The molecule has 2 aromatic heterocycles. The highest BCUT2D eigenvalue weighted by molar-refractivity contribution is 5.79. The first-order valence-electron chi connectivity index (χ1n) is 10.9. The molecule has 0 N–H and O–H groups in total. The minimum absolute atomic E-state index is 0.113. The van der Waals surface area contributed by atoms with Gasteiger partial charge >= 0.3 is 0 Å². The molecule has 9 heteroatoms. The SMILES string of the molecule is O=C(Cc1ccc2c(c1)OCO2)N1CCN(c2ccc3nnc(-c4ccccc4)n3n2)CC1. The number of ether oxygens (including phenoxy) is 2. The number of hydrogen-bond acceptors (Lipinski definition) is 7. The number of nitrogens with zero attached hydrogens (tertiary/aromatic N) is 6. The lowest BCUT2D eigenvalue weighted by Crippen LogP contribution is -2.49. The van der Waals surface area contributed by atoms with Crippen molar-refractivity contribution in [3.05, 3.63) is 66.2 Å². The third-order valence-corrected chi connectivity index (χ3v) is 6.03. The van der Waals surface area contributed by atoms with Gasteiger partial charge in [-0.05, 0) is 29.8 Å². The third kappa shape index (κ3) is 3.71. The predicted octanol–water partition coefficient (Wildman–Crippen LogP) is 2.41. The Bertz CT molecular complexity index is 1310. The molecule has 0 aliphatic carbocycles. The van der Waals surface area contributed by atoms with Crippen molar-refractivity contribution in [2.45, 2.75) is 6.42 Å². The van der Waals surface area contributed by atoms with E-state index in [2.05, 4.69) is 15.1 Å². The van der Waals surface area contributed by atoms with E-state index in [0.29, 0.717) is 49.8 Å². The van der Waals surface area contributed by atoms with E-state index in [1.54, 1.807) is 4.52 Å². The summed E-state index contributed by atoms with van der Waals surface area (Å²) < 4.78 is 12.5. The van der Waals surface area contributed by atoms with Crippen molar-refractivity contribution < 1.29 is 14.3 Å². The summed E-state index contributed by atoms with van der Waals surface area (Å²) >= 11 is 0. The van der Waals surface area contributed by atoms with Gasteiger partial charge in [-0.15, -0.1) is 15.3 Å². The highest BCUT2D eigenvalue weighted by Gasteiger charge is 2.23. The molecule has 2 aromatic carbocycles. The highest BCUT2D eigenvalue weighted by atomic mass is 16.7. The van der Waals surface area contributed by atoms with Gasteiger partial charge in [-0.25, -0.2) is 0 Å². The molecule has 0 saturated carbocycles. The number of amides is 1. The molecule has 0 unspecified atom stereocenters. The Labute approximate surface area is 190 Å². The quantitative estimate of drug-likeness (QED) is 0.480. The van der Waals surface area contributed by atoms with Gasteiger partial charge in [0.15, 0.2) is 23.0 Å². The zero-order chi connectivity index (χ0) is 22.2. The van der Waals surface area contributed by atoms with Crippen LogP contribution in [0.25, 0.3) is 17.0 Å². The maximum Gasteiger partial charge on any atom is 0.231 e. The number of anilines is 1. The van der Waals surface area contributed by atoms with Gasteiger partial charge in [0, 0.05) is 31.7 Å². The van der Waals surface area contributed by atoms with E-state index in [1.165, 1.54) is 0 Å². The fourth-order valence-electron chi connectivity index (χ4n) is 4.24. The van der Waals surface area contributed by atoms with E-state index in [0.717, 1.165) is 22.7 Å². The molecular formula is C24H22N6O3. The number of fused-ring (bicyclic) bond motifs is 2. The first kappa shape index (κ1) is 19.5. The van der Waals surface area contributed by atoms with Crippen LogP contribution in [0.1, 0.15) is 5.56 Å². The number of aromatic nitrogens is 4. The Hall–Kier alpha value is -4.14. The van der Waals surface area contributed by atoms with Crippen molar-refractivity contribution in [1.82, 2.24) is 24.7 Å². The molecule has 2 aliphatic heterocycles. The van der Waals surface area contributed by atoms with Gasteiger partial charge in [-0.1, -0.05) is 36.4 Å². The molecule has 0 atom stereocenters. The van der Waals surface area contributed by atoms with Gasteiger partial charge in [0.25, 0.3) is 0 Å². The zero-order valence-electron chi connectivity index (χ0n) is 17.9. The van der Waals surface area contributed by atoms with E-state index in [9.17, 15) is 4.79 Å². The summed E-state index contributed by atoms with van der Waals surface area (Å²) in [7, 11) is 0. The molecule has 1 saturated heterocycles. The Kier molecular flexibility index (Phi) is 4.79. The van der Waals surface area contributed by atoms with Crippen LogP contribution in [0.15, 0.2) is 60.7 Å². The maximum atomic E-state index is 12.9. The fraction of sp³-hybridized carbons (Fsp3) is 0.250. The Balaban J connectivity index is 1.13. The third-order valence-electron chi connectivity index (χ3n) is 6.03. The normalized spacial score (nSPS) is 15.3. The van der Waals surface area contributed by atoms with Gasteiger partial charge in [0.1, 0.15) is 5.82 Å². The molecule has 2 aliphatic rings. The zero-order valence-corrected chi connectivity index (χ0v) is 17.9. The molecule has 9 nitrogen and oxygen atoms in total. The van der Waals surface area contributed by atoms with Gasteiger partial charge < -0.3 is 19.3 Å². The number of carbonyl (C=O) groups is 1. The lowest BCUT2D eigenvalue weighted by atomic mass is 10.1. The second-order valence-corrected chi connectivity index (χ2v) is 8.08. The second-order valence-electron chi connectivity index (χ2n) is 8.08. The molecule has 4 aromatic rings. The lowest BCUT2D eigenvalue weighted by Gasteiger charge is -2.35. The summed E-state index contributed by atoms with van der Waals surface area (Å²) in [6.07, 6.45) is 0.349. The van der Waals surface area contributed by atoms with Gasteiger partial charge in [0.05, 0.1) is 6.42 Å². The summed E-state index contributed by atoms with van der Waals surface area (Å²) in [5, 5.41) is 13.3. The van der Waals surface area contributed by atoms with Gasteiger partial charge in [-0.2, -0.15) is 4.52 Å². The molecule has 4 heterocycles. The molecule has 166 valence electrons. The second kappa shape index (κ2) is 8.09. The Morgan fingerprint density at radius 3 is 2.55 bits per heavy atom. The highest BCUT2D eigenvalue weighted by Crippen LogP contribution is 2.32. The van der Waals surface area contributed by atoms with Crippen LogP contribution in [0.2, 0.25) is 0 Å². The molecule has 6 rings (SSSR count). The molecule has 33 heavy (non-hydrogen) atoms. The smallest absolute Gasteiger partial charge is 0.231 e. The van der Waals surface area contributed by atoms with E-state index >= 15 is 0 Å². The topological polar surface area (TPSA) is 85.1 Å². The van der Waals surface area contributed by atoms with Crippen molar-refractivity contribution in [2.24, 2.45) is 0 Å². The minimum Gasteiger partial charge on any atom is -0.454 e. The van der Waals surface area contributed by atoms with E-state index in [-0.39, 0.29) is 12.7 Å². The van der Waals surface area contributed by atoms with E-state index in [4.69, 9.17) is 14.6 Å². The summed E-state index contributed by atoms with van der Waals surface area (Å²) in [5.74, 6) is 3.11. The molecule has 0 radical (unpaired) electrons. The Morgan fingerprint density at radius 1 is 0.879 bits per heavy atom. The van der Waals surface area contributed by atoms with Gasteiger partial charge in [-0.3, -0.25) is 4.79 Å². The van der Waals surface area contributed by atoms with Crippen LogP contribution in [-0.4, -0.2) is 63.6 Å². The van der Waals surface area contributed by atoms with Crippen LogP contribution in [0.3, 0.4) is 0 Å². The van der Waals surface area contributed by atoms with Crippen molar-refractivity contribution in [2.75, 3.05) is 37.9 Å². The first-order valence-corrected chi connectivity index (χ1v) is 10.9. The number of rotatable bonds is 4. The fourth-order valence-corrected chi connectivity index (χ4v) is 4.24. The Morgan fingerprint density at radius 2 is 1.70 bits per heavy atom. The monoisotopic (exact) mass is 442 g/mol. The summed E-state index contributed by atoms with van der Waals surface area (Å²) in [6, 6.07) is 19.5. The molecule has 0 spiro atoms. The number of piperazine rings is 1. The minimum atomic E-state index is 0.113. The lowest BCUT2D eigenvalue weighted by molar-refractivity contribution is -0.130. The summed E-state index contributed by atoms with van der Waals surface area (Å²) in [6.45, 7) is 2.96. The maximum absolute atomic E-state index is 12.9. The summed E-state index contributed by atoms with van der Waals surface area (Å²) in [5.41, 5.74) is 2.60. The number of hydrogen-bond donors (Lipinski definition) is 0. The molecule has 1 fully saturated rings. The largest absolute Gasteiger partial charge is 0.454 e. The van der Waals surface area contributed by atoms with Crippen LogP contribution in [0, 0.1) is 0 Å². The molecule has 0 bridgehead atoms. The van der Waals surface area contributed by atoms with Crippen molar-refractivity contribution in [1.29, 1.82) is 0 Å². The van der Waals surface area contributed by atoms with E-state index < -0.39 is 0 Å². The van der Waals surface area contributed by atoms with Crippen molar-refractivity contribution in [3.63, 3.8) is 0 Å². The van der Waals surface area contributed by atoms with Crippen LogP contribution < -0.4 is 14.4 Å². The predicted molar refractivity (Wildman–Crippen MR) is 121 cm³/mol. The van der Waals surface area contributed by atoms with Gasteiger partial charge in [0.2, 0.25) is 12.7 Å². The average molecular weight is 442 g/mol. The van der Waals surface area contributed by atoms with Crippen molar-refractivity contribution in [3.8, 4) is 22.9 Å². The first-order chi connectivity index (χ1) is 16.2.